The van der Waals surface area contributed by atoms with Crippen LogP contribution in [0.15, 0.2) is 0 Å². The summed E-state index contributed by atoms with van der Waals surface area (Å²) < 4.78 is 69.7. The molecule has 0 radical (unpaired) electrons. The first-order valence-electron chi connectivity index (χ1n) is 5.58. The van der Waals surface area contributed by atoms with Gasteiger partial charge in [0.1, 0.15) is 0 Å². The van der Waals surface area contributed by atoms with E-state index >= 15 is 0 Å². The van der Waals surface area contributed by atoms with E-state index in [1.165, 1.54) is 0 Å². The van der Waals surface area contributed by atoms with E-state index in [-0.39, 0.29) is 18.9 Å². The molecular formula is C12H13F5N2O. The lowest BCUT2D eigenvalue weighted by Crippen LogP contribution is -2.32. The fourth-order valence-corrected chi connectivity index (χ4v) is 1.25. The van der Waals surface area contributed by atoms with Gasteiger partial charge >= 0.3 is 0 Å². The van der Waals surface area contributed by atoms with E-state index in [0.29, 0.717) is 0 Å². The van der Waals surface area contributed by atoms with Crippen molar-refractivity contribution >= 4 is 5.84 Å². The van der Waals surface area contributed by atoms with Crippen LogP contribution in [0.25, 0.3) is 0 Å². The molecule has 1 rings (SSSR count). The molecule has 0 aliphatic rings. The molecule has 0 heterocycles. The molecule has 112 valence electrons. The predicted molar refractivity (Wildman–Crippen MR) is 62.0 cm³/mol. The van der Waals surface area contributed by atoms with E-state index in [2.05, 4.69) is 4.74 Å². The Morgan fingerprint density at radius 1 is 1.00 bits per heavy atom. The zero-order valence-corrected chi connectivity index (χ0v) is 10.8. The van der Waals surface area contributed by atoms with Crippen molar-refractivity contribution in [2.24, 2.45) is 11.1 Å². The molecule has 1 aromatic carbocycles. The van der Waals surface area contributed by atoms with E-state index in [4.69, 9.17) is 11.1 Å². The highest BCUT2D eigenvalue weighted by Gasteiger charge is 2.28. The summed E-state index contributed by atoms with van der Waals surface area (Å²) in [5.74, 6) is -11.9. The molecule has 20 heavy (non-hydrogen) atoms. The van der Waals surface area contributed by atoms with Crippen molar-refractivity contribution in [2.45, 2.75) is 20.3 Å². The van der Waals surface area contributed by atoms with Crippen molar-refractivity contribution in [2.75, 3.05) is 6.61 Å². The Bertz CT molecular complexity index is 516. The van der Waals surface area contributed by atoms with E-state index in [1.54, 1.807) is 13.8 Å². The number of nitrogens with one attached hydrogen (secondary N) is 1. The van der Waals surface area contributed by atoms with E-state index in [1.807, 2.05) is 0 Å². The summed E-state index contributed by atoms with van der Waals surface area (Å²) in [5, 5.41) is 7.27. The van der Waals surface area contributed by atoms with Gasteiger partial charge in [0.15, 0.2) is 5.75 Å². The second-order valence-corrected chi connectivity index (χ2v) is 4.80. The number of rotatable bonds is 5. The van der Waals surface area contributed by atoms with Gasteiger partial charge in [0, 0.05) is 5.41 Å². The highest BCUT2D eigenvalue weighted by molar-refractivity contribution is 5.82. The van der Waals surface area contributed by atoms with Gasteiger partial charge in [0.2, 0.25) is 29.1 Å². The summed E-state index contributed by atoms with van der Waals surface area (Å²) in [5.41, 5.74) is 4.47. The number of nitrogens with two attached hydrogens (primary N) is 1. The van der Waals surface area contributed by atoms with E-state index < -0.39 is 40.3 Å². The van der Waals surface area contributed by atoms with Crippen molar-refractivity contribution in [3.05, 3.63) is 29.1 Å². The summed E-state index contributed by atoms with van der Waals surface area (Å²) in [7, 11) is 0. The van der Waals surface area contributed by atoms with Crippen LogP contribution in [0.5, 0.6) is 5.75 Å². The number of halogens is 5. The Balaban J connectivity index is 2.93. The van der Waals surface area contributed by atoms with Crippen LogP contribution < -0.4 is 10.5 Å². The molecule has 3 N–H and O–H groups in total. The number of hydrogen-bond donors (Lipinski definition) is 2. The Hall–Kier alpha value is -1.86. The van der Waals surface area contributed by atoms with Crippen molar-refractivity contribution in [1.82, 2.24) is 0 Å². The third-order valence-corrected chi connectivity index (χ3v) is 2.87. The third-order valence-electron chi connectivity index (χ3n) is 2.87. The first kappa shape index (κ1) is 16.2. The third kappa shape index (κ3) is 3.00. The van der Waals surface area contributed by atoms with Crippen LogP contribution >= 0.6 is 0 Å². The maximum atomic E-state index is 13.3. The van der Waals surface area contributed by atoms with Crippen LogP contribution in [0.3, 0.4) is 0 Å². The molecule has 8 heteroatoms. The first-order chi connectivity index (χ1) is 9.09. The molecule has 0 atom stereocenters. The quantitative estimate of drug-likeness (QED) is 0.288. The summed E-state index contributed by atoms with van der Waals surface area (Å²) >= 11 is 0. The Morgan fingerprint density at radius 2 is 1.40 bits per heavy atom. The molecule has 0 saturated carbocycles. The number of benzene rings is 1. The fourth-order valence-electron chi connectivity index (χ4n) is 1.25. The maximum absolute atomic E-state index is 13.3. The van der Waals surface area contributed by atoms with E-state index in [9.17, 15) is 22.0 Å². The molecule has 0 aliphatic heterocycles. The van der Waals surface area contributed by atoms with Gasteiger partial charge in [-0.15, -0.1) is 0 Å². The van der Waals surface area contributed by atoms with Crippen molar-refractivity contribution in [3.63, 3.8) is 0 Å². The van der Waals surface area contributed by atoms with Gasteiger partial charge in [-0.2, -0.15) is 8.78 Å². The standard InChI is InChI=1S/C12H13F5N2O/c1-12(2,11(18)19)3-4-20-10-8(16)6(14)5(13)7(15)9(10)17/h3-4H2,1-2H3,(H3,18,19). The molecular weight excluding hydrogens is 283 g/mol. The van der Waals surface area contributed by atoms with Gasteiger partial charge in [-0.05, 0) is 6.42 Å². The van der Waals surface area contributed by atoms with E-state index in [0.717, 1.165) is 0 Å². The predicted octanol–water partition coefficient (Wildman–Crippen LogP) is 3.11. The maximum Gasteiger partial charge on any atom is 0.206 e. The van der Waals surface area contributed by atoms with Gasteiger partial charge < -0.3 is 10.5 Å². The molecule has 0 fully saturated rings. The molecule has 0 bridgehead atoms. The summed E-state index contributed by atoms with van der Waals surface area (Å²) in [6.45, 7) is 2.80. The second kappa shape index (κ2) is 5.64. The van der Waals surface area contributed by atoms with Crippen molar-refractivity contribution < 1.29 is 26.7 Å². The van der Waals surface area contributed by atoms with Gasteiger partial charge in [-0.25, -0.2) is 13.2 Å². The zero-order valence-electron chi connectivity index (χ0n) is 10.8. The van der Waals surface area contributed by atoms with Crippen LogP contribution in [0.4, 0.5) is 22.0 Å². The second-order valence-electron chi connectivity index (χ2n) is 4.80. The summed E-state index contributed by atoms with van der Waals surface area (Å²) in [6.07, 6.45) is 0.0713. The zero-order chi connectivity index (χ0) is 15.7. The highest BCUT2D eigenvalue weighted by Crippen LogP contribution is 2.30. The van der Waals surface area contributed by atoms with Crippen LogP contribution in [0, 0.1) is 39.9 Å². The normalized spacial score (nSPS) is 11.6. The fraction of sp³-hybridized carbons (Fsp3) is 0.417. The van der Waals surface area contributed by atoms with Crippen molar-refractivity contribution in [3.8, 4) is 5.75 Å². The Kier molecular flexibility index (Phi) is 4.57. The lowest BCUT2D eigenvalue weighted by Gasteiger charge is -2.22. The molecule has 0 aromatic heterocycles. The lowest BCUT2D eigenvalue weighted by atomic mass is 9.88. The monoisotopic (exact) mass is 296 g/mol. The summed E-state index contributed by atoms with van der Waals surface area (Å²) in [6, 6.07) is 0. The molecule has 0 spiro atoms. The van der Waals surface area contributed by atoms with Gasteiger partial charge in [0.25, 0.3) is 0 Å². The minimum atomic E-state index is -2.24. The van der Waals surface area contributed by atoms with Crippen LogP contribution in [-0.4, -0.2) is 12.4 Å². The van der Waals surface area contributed by atoms with Crippen molar-refractivity contribution in [1.29, 1.82) is 5.41 Å². The number of amidine groups is 1. The largest absolute Gasteiger partial charge is 0.487 e. The number of ether oxygens (including phenoxy) is 1. The molecule has 0 amide bonds. The molecule has 0 saturated heterocycles. The Labute approximate surface area is 112 Å². The minimum Gasteiger partial charge on any atom is -0.487 e. The van der Waals surface area contributed by atoms with Crippen LogP contribution in [0.1, 0.15) is 20.3 Å². The minimum absolute atomic E-state index is 0.0713. The van der Waals surface area contributed by atoms with Crippen LogP contribution in [-0.2, 0) is 0 Å². The van der Waals surface area contributed by atoms with Gasteiger partial charge in [0.05, 0.1) is 12.4 Å². The molecule has 3 nitrogen and oxygen atoms in total. The van der Waals surface area contributed by atoms with Gasteiger partial charge in [-0.1, -0.05) is 13.8 Å². The average Bonchev–Trinajstić information content (AvgIpc) is 2.38. The smallest absolute Gasteiger partial charge is 0.206 e. The SMILES string of the molecule is CC(C)(CCOc1c(F)c(F)c(F)c(F)c1F)C(=N)N. The lowest BCUT2D eigenvalue weighted by molar-refractivity contribution is 0.234. The highest BCUT2D eigenvalue weighted by atomic mass is 19.2. The topological polar surface area (TPSA) is 59.1 Å². The number of hydrogen-bond acceptors (Lipinski definition) is 2. The molecule has 0 aliphatic carbocycles. The average molecular weight is 296 g/mol. The molecule has 0 unspecified atom stereocenters. The van der Waals surface area contributed by atoms with Gasteiger partial charge in [-0.3, -0.25) is 5.41 Å². The first-order valence-corrected chi connectivity index (χ1v) is 5.58. The van der Waals surface area contributed by atoms with Crippen LogP contribution in [0.2, 0.25) is 0 Å². The molecule has 1 aromatic rings. The Morgan fingerprint density at radius 3 is 1.80 bits per heavy atom. The summed E-state index contributed by atoms with van der Waals surface area (Å²) in [4.78, 5) is 0.